The lowest BCUT2D eigenvalue weighted by atomic mass is 10.0. The maximum atomic E-state index is 14.0. The molecule has 2 aromatic rings. The van der Waals surface area contributed by atoms with Gasteiger partial charge < -0.3 is 5.32 Å². The van der Waals surface area contributed by atoms with Gasteiger partial charge in [0.1, 0.15) is 12.4 Å². The van der Waals surface area contributed by atoms with Gasteiger partial charge in [-0.15, -0.1) is 0 Å². The van der Waals surface area contributed by atoms with Crippen LogP contribution in [0.5, 0.6) is 0 Å². The van der Waals surface area contributed by atoms with Crippen molar-refractivity contribution in [3.63, 3.8) is 0 Å². The average molecular weight is 364 g/mol. The van der Waals surface area contributed by atoms with Crippen LogP contribution in [-0.2, 0) is 14.8 Å². The van der Waals surface area contributed by atoms with Crippen molar-refractivity contribution in [3.8, 4) is 0 Å². The second kappa shape index (κ2) is 8.11. The van der Waals surface area contributed by atoms with Gasteiger partial charge in [-0.05, 0) is 24.1 Å². The summed E-state index contributed by atoms with van der Waals surface area (Å²) in [4.78, 5) is 12.4. The van der Waals surface area contributed by atoms with Crippen molar-refractivity contribution < 1.29 is 17.6 Å². The van der Waals surface area contributed by atoms with Crippen molar-refractivity contribution >= 4 is 21.6 Å². The number of para-hydroxylation sites is 1. The number of benzene rings is 2. The van der Waals surface area contributed by atoms with Crippen LogP contribution in [0.2, 0.25) is 0 Å². The monoisotopic (exact) mass is 364 g/mol. The molecule has 5 nitrogen and oxygen atoms in total. The Labute approximate surface area is 147 Å². The number of hydrogen-bond acceptors (Lipinski definition) is 3. The molecule has 0 saturated heterocycles. The van der Waals surface area contributed by atoms with Gasteiger partial charge >= 0.3 is 0 Å². The minimum Gasteiger partial charge on any atom is -0.348 e. The molecule has 0 spiro atoms. The summed E-state index contributed by atoms with van der Waals surface area (Å²) in [6, 6.07) is 14.6. The maximum absolute atomic E-state index is 14.0. The van der Waals surface area contributed by atoms with Crippen molar-refractivity contribution in [3.05, 3.63) is 66.0 Å². The first-order valence-electron chi connectivity index (χ1n) is 7.89. The smallest absolute Gasteiger partial charge is 0.241 e. The third kappa shape index (κ3) is 5.03. The summed E-state index contributed by atoms with van der Waals surface area (Å²) in [5, 5.41) is 2.81. The van der Waals surface area contributed by atoms with E-state index < -0.39 is 28.3 Å². The van der Waals surface area contributed by atoms with Crippen LogP contribution >= 0.6 is 0 Å². The molecule has 0 aromatic heterocycles. The lowest BCUT2D eigenvalue weighted by molar-refractivity contribution is -0.120. The third-order valence-electron chi connectivity index (χ3n) is 3.75. The summed E-state index contributed by atoms with van der Waals surface area (Å²) in [5.41, 5.74) is 0.781. The fraction of sp³-hybridized carbons (Fsp3) is 0.278. The molecule has 2 rings (SSSR count). The first kappa shape index (κ1) is 18.9. The van der Waals surface area contributed by atoms with E-state index in [4.69, 9.17) is 0 Å². The molecule has 0 bridgehead atoms. The number of carbonyl (C=O) groups is 1. The molecule has 1 amide bonds. The van der Waals surface area contributed by atoms with Gasteiger partial charge in [-0.3, -0.25) is 9.10 Å². The Morgan fingerprint density at radius 3 is 2.28 bits per heavy atom. The van der Waals surface area contributed by atoms with Crippen molar-refractivity contribution in [2.24, 2.45) is 0 Å². The first-order chi connectivity index (χ1) is 11.8. The SMILES string of the molecule is CC[C@@H](NC(=O)CN(c1ccccc1F)S(C)(=O)=O)c1ccccc1. The van der Waals surface area contributed by atoms with Gasteiger partial charge in [0, 0.05) is 0 Å². The van der Waals surface area contributed by atoms with Crippen molar-refractivity contribution in [1.29, 1.82) is 0 Å². The quantitative estimate of drug-likeness (QED) is 0.821. The largest absolute Gasteiger partial charge is 0.348 e. The second-order valence-corrected chi connectivity index (χ2v) is 7.57. The molecule has 0 heterocycles. The summed E-state index contributed by atoms with van der Waals surface area (Å²) < 4.78 is 38.8. The molecule has 0 unspecified atom stereocenters. The molecule has 1 N–H and O–H groups in total. The van der Waals surface area contributed by atoms with E-state index in [-0.39, 0.29) is 11.7 Å². The number of hydrogen-bond donors (Lipinski definition) is 1. The van der Waals surface area contributed by atoms with Crippen LogP contribution in [0.3, 0.4) is 0 Å². The van der Waals surface area contributed by atoms with E-state index in [9.17, 15) is 17.6 Å². The summed E-state index contributed by atoms with van der Waals surface area (Å²) >= 11 is 0. The summed E-state index contributed by atoms with van der Waals surface area (Å²) in [5.74, 6) is -1.19. The molecule has 7 heteroatoms. The second-order valence-electron chi connectivity index (χ2n) is 5.66. The minimum atomic E-state index is -3.81. The molecular weight excluding hydrogens is 343 g/mol. The highest BCUT2D eigenvalue weighted by atomic mass is 32.2. The number of sulfonamides is 1. The number of carbonyl (C=O) groups excluding carboxylic acids is 1. The van der Waals surface area contributed by atoms with Gasteiger partial charge in [0.2, 0.25) is 15.9 Å². The van der Waals surface area contributed by atoms with Gasteiger partial charge in [0.25, 0.3) is 0 Å². The molecule has 2 aromatic carbocycles. The van der Waals surface area contributed by atoms with Crippen molar-refractivity contribution in [1.82, 2.24) is 5.32 Å². The molecule has 0 aliphatic heterocycles. The van der Waals surface area contributed by atoms with Crippen LogP contribution in [0.15, 0.2) is 54.6 Å². The summed E-state index contributed by atoms with van der Waals surface area (Å²) in [6.07, 6.45) is 1.59. The van der Waals surface area contributed by atoms with E-state index in [2.05, 4.69) is 5.32 Å². The molecule has 25 heavy (non-hydrogen) atoms. The minimum absolute atomic E-state index is 0.145. The van der Waals surface area contributed by atoms with E-state index in [0.29, 0.717) is 6.42 Å². The predicted molar refractivity (Wildman–Crippen MR) is 96.2 cm³/mol. The summed E-state index contributed by atoms with van der Waals surface area (Å²) in [6.45, 7) is 1.44. The number of anilines is 1. The third-order valence-corrected chi connectivity index (χ3v) is 4.88. The predicted octanol–water partition coefficient (Wildman–Crippen LogP) is 2.86. The highest BCUT2D eigenvalue weighted by Crippen LogP contribution is 2.21. The Morgan fingerprint density at radius 2 is 1.72 bits per heavy atom. The van der Waals surface area contributed by atoms with E-state index in [1.807, 2.05) is 37.3 Å². The van der Waals surface area contributed by atoms with Gasteiger partial charge in [-0.2, -0.15) is 0 Å². The fourth-order valence-electron chi connectivity index (χ4n) is 2.51. The zero-order valence-corrected chi connectivity index (χ0v) is 15.0. The molecule has 0 fully saturated rings. The zero-order valence-electron chi connectivity index (χ0n) is 14.1. The molecule has 134 valence electrons. The van der Waals surface area contributed by atoms with Gasteiger partial charge in [-0.1, -0.05) is 49.4 Å². The van der Waals surface area contributed by atoms with Gasteiger partial charge in [0.15, 0.2) is 0 Å². The van der Waals surface area contributed by atoms with Crippen molar-refractivity contribution in [2.45, 2.75) is 19.4 Å². The van der Waals surface area contributed by atoms with Crippen molar-refractivity contribution in [2.75, 3.05) is 17.1 Å². The molecule has 0 aliphatic carbocycles. The van der Waals surface area contributed by atoms with Crippen LogP contribution < -0.4 is 9.62 Å². The summed E-state index contributed by atoms with van der Waals surface area (Å²) in [7, 11) is -3.81. The molecule has 1 atom stereocenters. The van der Waals surface area contributed by atoms with Gasteiger partial charge in [0.05, 0.1) is 18.0 Å². The van der Waals surface area contributed by atoms with E-state index in [1.54, 1.807) is 0 Å². The Kier molecular flexibility index (Phi) is 6.14. The zero-order chi connectivity index (χ0) is 18.4. The lowest BCUT2D eigenvalue weighted by Gasteiger charge is -2.24. The van der Waals surface area contributed by atoms with Gasteiger partial charge in [-0.25, -0.2) is 12.8 Å². The molecule has 0 radical (unpaired) electrons. The first-order valence-corrected chi connectivity index (χ1v) is 9.74. The number of amides is 1. The molecule has 0 saturated carbocycles. The van der Waals surface area contributed by atoms with Crippen LogP contribution in [0.25, 0.3) is 0 Å². The normalized spacial score (nSPS) is 12.4. The number of nitrogens with zero attached hydrogens (tertiary/aromatic N) is 1. The van der Waals surface area contributed by atoms with Crippen LogP contribution in [0.4, 0.5) is 10.1 Å². The highest BCUT2D eigenvalue weighted by molar-refractivity contribution is 7.92. The topological polar surface area (TPSA) is 66.5 Å². The Bertz CT molecular complexity index is 825. The van der Waals surface area contributed by atoms with E-state index >= 15 is 0 Å². The number of rotatable bonds is 7. The lowest BCUT2D eigenvalue weighted by Crippen LogP contribution is -2.41. The van der Waals surface area contributed by atoms with E-state index in [1.165, 1.54) is 18.2 Å². The average Bonchev–Trinajstić information content (AvgIpc) is 2.58. The Hall–Kier alpha value is -2.41. The molecular formula is C18H21FN2O3S. The van der Waals surface area contributed by atoms with E-state index in [0.717, 1.165) is 22.2 Å². The van der Waals surface area contributed by atoms with Crippen LogP contribution in [0, 0.1) is 5.82 Å². The Balaban J connectivity index is 2.19. The van der Waals surface area contributed by atoms with Crippen LogP contribution in [0.1, 0.15) is 24.9 Å². The number of nitrogens with one attached hydrogen (secondary N) is 1. The molecule has 0 aliphatic rings. The highest BCUT2D eigenvalue weighted by Gasteiger charge is 2.24. The maximum Gasteiger partial charge on any atom is 0.241 e. The number of halogens is 1. The standard InChI is InChI=1S/C18H21FN2O3S/c1-3-16(14-9-5-4-6-10-14)20-18(22)13-21(25(2,23)24)17-12-8-7-11-15(17)19/h4-12,16H,3,13H2,1-2H3,(H,20,22)/t16-/m1/s1. The van der Waals surface area contributed by atoms with Crippen LogP contribution in [-0.4, -0.2) is 27.1 Å². The fourth-order valence-corrected chi connectivity index (χ4v) is 3.37. The Morgan fingerprint density at radius 1 is 1.12 bits per heavy atom.